The van der Waals surface area contributed by atoms with Crippen LogP contribution in [0.5, 0.6) is 0 Å². The fourth-order valence-corrected chi connectivity index (χ4v) is 3.68. The summed E-state index contributed by atoms with van der Waals surface area (Å²) in [6.45, 7) is 0.670. The van der Waals surface area contributed by atoms with Crippen molar-refractivity contribution in [1.82, 2.24) is 0 Å². The maximum Gasteiger partial charge on any atom is 0.307 e. The minimum absolute atomic E-state index is 0.157. The number of anilines is 1. The van der Waals surface area contributed by atoms with Crippen LogP contribution < -0.4 is 5.32 Å². The van der Waals surface area contributed by atoms with E-state index in [4.69, 9.17) is 9.94 Å². The lowest BCUT2D eigenvalue weighted by molar-refractivity contribution is -0.138. The Balaban J connectivity index is 1.43. The van der Waals surface area contributed by atoms with Gasteiger partial charge in [-0.3, -0.25) is 4.79 Å². The summed E-state index contributed by atoms with van der Waals surface area (Å²) < 4.78 is 0. The van der Waals surface area contributed by atoms with Crippen molar-refractivity contribution in [3.63, 3.8) is 0 Å². The van der Waals surface area contributed by atoms with E-state index in [0.29, 0.717) is 6.54 Å². The monoisotopic (exact) mass is 400 g/mol. The van der Waals surface area contributed by atoms with Crippen molar-refractivity contribution >= 4 is 17.4 Å². The smallest absolute Gasteiger partial charge is 0.307 e. The van der Waals surface area contributed by atoms with Gasteiger partial charge < -0.3 is 15.3 Å². The predicted octanol–water partition coefficient (Wildman–Crippen LogP) is 4.89. The standard InChI is InChI=1S/C25H24N2O3/c1-30-27-24(19-7-3-2-4-8-19)20-9-5-6-17(14-20)16-26-21-12-10-18(11-13-21)22-15-23(22)25(28)29/h2-14,22-23,26H,15-16H2,1H3,(H,28,29)/t22?,23-/m1/s1. The Labute approximate surface area is 176 Å². The molecule has 0 amide bonds. The number of nitrogens with zero attached hydrogens (tertiary/aromatic N) is 1. The van der Waals surface area contributed by atoms with E-state index in [0.717, 1.165) is 40.1 Å². The molecular weight excluding hydrogens is 376 g/mol. The lowest BCUT2D eigenvalue weighted by Gasteiger charge is -2.11. The van der Waals surface area contributed by atoms with Gasteiger partial charge >= 0.3 is 5.97 Å². The third kappa shape index (κ3) is 4.51. The number of rotatable bonds is 8. The zero-order valence-corrected chi connectivity index (χ0v) is 16.8. The average molecular weight is 400 g/mol. The van der Waals surface area contributed by atoms with Gasteiger partial charge in [0.1, 0.15) is 12.8 Å². The fraction of sp³-hybridized carbons (Fsp3) is 0.200. The summed E-state index contributed by atoms with van der Waals surface area (Å²) in [7, 11) is 1.55. The van der Waals surface area contributed by atoms with Crippen LogP contribution in [0.25, 0.3) is 0 Å². The van der Waals surface area contributed by atoms with E-state index in [2.05, 4.69) is 22.6 Å². The van der Waals surface area contributed by atoms with Crippen LogP contribution in [0.1, 0.15) is 34.6 Å². The first-order valence-corrected chi connectivity index (χ1v) is 9.98. The molecule has 1 aliphatic rings. The Morgan fingerprint density at radius 3 is 2.43 bits per heavy atom. The van der Waals surface area contributed by atoms with Gasteiger partial charge in [0, 0.05) is 23.4 Å². The summed E-state index contributed by atoms with van der Waals surface area (Å²) in [6.07, 6.45) is 0.738. The van der Waals surface area contributed by atoms with Crippen molar-refractivity contribution < 1.29 is 14.7 Å². The summed E-state index contributed by atoms with van der Waals surface area (Å²) in [6, 6.07) is 26.2. The fourth-order valence-electron chi connectivity index (χ4n) is 3.68. The van der Waals surface area contributed by atoms with Gasteiger partial charge in [-0.15, -0.1) is 0 Å². The minimum atomic E-state index is -0.700. The molecule has 1 saturated carbocycles. The van der Waals surface area contributed by atoms with Crippen LogP contribution in [-0.2, 0) is 16.2 Å². The maximum atomic E-state index is 11.1. The minimum Gasteiger partial charge on any atom is -0.481 e. The van der Waals surface area contributed by atoms with E-state index in [1.165, 1.54) is 0 Å². The number of carboxylic acid groups (broad SMARTS) is 1. The molecular formula is C25H24N2O3. The lowest BCUT2D eigenvalue weighted by Crippen LogP contribution is -2.06. The molecule has 2 atom stereocenters. The highest BCUT2D eigenvalue weighted by Gasteiger charge is 2.43. The second-order valence-electron chi connectivity index (χ2n) is 7.45. The highest BCUT2D eigenvalue weighted by Crippen LogP contribution is 2.47. The molecule has 0 heterocycles. The maximum absolute atomic E-state index is 11.1. The van der Waals surface area contributed by atoms with Crippen molar-refractivity contribution in [2.45, 2.75) is 18.9 Å². The first kappa shape index (κ1) is 19.7. The van der Waals surface area contributed by atoms with Gasteiger partial charge in [-0.2, -0.15) is 0 Å². The number of benzene rings is 3. The lowest BCUT2D eigenvalue weighted by atomic mass is 10.0. The van der Waals surface area contributed by atoms with Crippen LogP contribution in [0, 0.1) is 5.92 Å². The number of hydrogen-bond donors (Lipinski definition) is 2. The molecule has 0 saturated heterocycles. The molecule has 2 N–H and O–H groups in total. The first-order valence-electron chi connectivity index (χ1n) is 9.98. The SMILES string of the molecule is CON=C(c1ccccc1)c1cccc(CNc2ccc(C3C[C@H]3C(=O)O)cc2)c1. The van der Waals surface area contributed by atoms with Gasteiger partial charge in [0.15, 0.2) is 0 Å². The highest BCUT2D eigenvalue weighted by molar-refractivity contribution is 6.12. The molecule has 1 fully saturated rings. The van der Waals surface area contributed by atoms with E-state index < -0.39 is 5.97 Å². The Morgan fingerprint density at radius 1 is 1.03 bits per heavy atom. The van der Waals surface area contributed by atoms with Crippen molar-refractivity contribution in [2.75, 3.05) is 12.4 Å². The van der Waals surface area contributed by atoms with Gasteiger partial charge in [-0.1, -0.05) is 65.8 Å². The second-order valence-corrected chi connectivity index (χ2v) is 7.45. The number of carbonyl (C=O) groups is 1. The summed E-state index contributed by atoms with van der Waals surface area (Å²) in [5.74, 6) is -0.766. The van der Waals surface area contributed by atoms with E-state index in [1.807, 2.05) is 66.7 Å². The Bertz CT molecular complexity index is 1050. The number of carboxylic acids is 1. The molecule has 0 bridgehead atoms. The Morgan fingerprint density at radius 2 is 1.77 bits per heavy atom. The third-order valence-corrected chi connectivity index (χ3v) is 5.37. The largest absolute Gasteiger partial charge is 0.481 e. The molecule has 0 spiro atoms. The number of nitrogens with one attached hydrogen (secondary N) is 1. The summed E-state index contributed by atoms with van der Waals surface area (Å²) in [5, 5.41) is 16.8. The number of hydrogen-bond acceptors (Lipinski definition) is 4. The number of oxime groups is 1. The van der Waals surface area contributed by atoms with Gasteiger partial charge in [0.2, 0.25) is 0 Å². The van der Waals surface area contributed by atoms with E-state index in [9.17, 15) is 4.79 Å². The molecule has 0 aliphatic heterocycles. The Kier molecular flexibility index (Phi) is 5.80. The molecule has 30 heavy (non-hydrogen) atoms. The van der Waals surface area contributed by atoms with Crippen LogP contribution in [0.2, 0.25) is 0 Å². The van der Waals surface area contributed by atoms with Crippen molar-refractivity contribution in [3.05, 3.63) is 101 Å². The summed E-state index contributed by atoms with van der Waals surface area (Å²) in [4.78, 5) is 16.1. The van der Waals surface area contributed by atoms with Crippen LogP contribution in [-0.4, -0.2) is 23.9 Å². The van der Waals surface area contributed by atoms with Crippen molar-refractivity contribution in [3.8, 4) is 0 Å². The summed E-state index contributed by atoms with van der Waals surface area (Å²) in [5.41, 5.74) is 6.01. The first-order chi connectivity index (χ1) is 14.7. The van der Waals surface area contributed by atoms with Crippen LogP contribution >= 0.6 is 0 Å². The zero-order chi connectivity index (χ0) is 20.9. The van der Waals surface area contributed by atoms with E-state index in [1.54, 1.807) is 7.11 Å². The Hall–Kier alpha value is -3.60. The molecule has 5 heteroatoms. The molecule has 1 unspecified atom stereocenters. The highest BCUT2D eigenvalue weighted by atomic mass is 16.6. The van der Waals surface area contributed by atoms with Gasteiger partial charge in [-0.25, -0.2) is 0 Å². The second kappa shape index (κ2) is 8.82. The third-order valence-electron chi connectivity index (χ3n) is 5.37. The normalized spacial score (nSPS) is 18.0. The molecule has 5 nitrogen and oxygen atoms in total. The molecule has 4 rings (SSSR count). The molecule has 0 aromatic heterocycles. The van der Waals surface area contributed by atoms with Crippen molar-refractivity contribution in [2.24, 2.45) is 11.1 Å². The van der Waals surface area contributed by atoms with Gasteiger partial charge in [0.25, 0.3) is 0 Å². The van der Waals surface area contributed by atoms with Crippen LogP contribution in [0.4, 0.5) is 5.69 Å². The molecule has 3 aromatic carbocycles. The predicted molar refractivity (Wildman–Crippen MR) is 118 cm³/mol. The topological polar surface area (TPSA) is 70.9 Å². The summed E-state index contributed by atoms with van der Waals surface area (Å²) >= 11 is 0. The van der Waals surface area contributed by atoms with Crippen LogP contribution in [0.15, 0.2) is 84.0 Å². The zero-order valence-electron chi connectivity index (χ0n) is 16.8. The van der Waals surface area contributed by atoms with Crippen molar-refractivity contribution in [1.29, 1.82) is 0 Å². The van der Waals surface area contributed by atoms with E-state index in [-0.39, 0.29) is 11.8 Å². The molecule has 1 aliphatic carbocycles. The van der Waals surface area contributed by atoms with Gasteiger partial charge in [0.05, 0.1) is 5.92 Å². The molecule has 0 radical (unpaired) electrons. The average Bonchev–Trinajstić information content (AvgIpc) is 3.59. The van der Waals surface area contributed by atoms with E-state index >= 15 is 0 Å². The molecule has 3 aromatic rings. The van der Waals surface area contributed by atoms with Gasteiger partial charge in [-0.05, 0) is 41.7 Å². The van der Waals surface area contributed by atoms with Crippen LogP contribution in [0.3, 0.4) is 0 Å². The molecule has 152 valence electrons. The number of aliphatic carboxylic acids is 1. The quantitative estimate of drug-likeness (QED) is 0.417.